The van der Waals surface area contributed by atoms with Crippen LogP contribution in [0.1, 0.15) is 13.3 Å². The predicted octanol–water partition coefficient (Wildman–Crippen LogP) is 1.44. The molecule has 0 bridgehead atoms. The zero-order valence-electron chi connectivity index (χ0n) is 5.07. The van der Waals surface area contributed by atoms with Crippen molar-refractivity contribution in [1.82, 2.24) is 14.8 Å². The standard InChI is InChI=1S/C4H7N3S2/c1-2-3-8-4-5-6-7-9-4/h2-3H2,1H3. The molecule has 0 saturated carbocycles. The molecule has 0 aliphatic heterocycles. The summed E-state index contributed by atoms with van der Waals surface area (Å²) in [6.07, 6.45) is 1.17. The third-order valence-corrected chi connectivity index (χ3v) is 2.62. The Morgan fingerprint density at radius 1 is 1.67 bits per heavy atom. The maximum absolute atomic E-state index is 3.77. The maximum Gasteiger partial charge on any atom is 0.194 e. The molecule has 0 unspecified atom stereocenters. The van der Waals surface area contributed by atoms with Gasteiger partial charge in [-0.05, 0) is 11.6 Å². The Labute approximate surface area is 62.0 Å². The average Bonchev–Trinajstić information content (AvgIpc) is 2.34. The van der Waals surface area contributed by atoms with Crippen LogP contribution in [-0.4, -0.2) is 20.6 Å². The molecular weight excluding hydrogens is 154 g/mol. The molecule has 3 nitrogen and oxygen atoms in total. The fraction of sp³-hybridized carbons (Fsp3) is 0.750. The molecule has 0 aliphatic rings. The molecule has 1 rings (SSSR count). The van der Waals surface area contributed by atoms with Gasteiger partial charge in [0.2, 0.25) is 0 Å². The first-order valence-electron chi connectivity index (χ1n) is 2.71. The first kappa shape index (κ1) is 6.95. The lowest BCUT2D eigenvalue weighted by Crippen LogP contribution is -1.73. The van der Waals surface area contributed by atoms with Gasteiger partial charge in [-0.3, -0.25) is 0 Å². The third-order valence-electron chi connectivity index (χ3n) is 0.711. The highest BCUT2D eigenvalue weighted by atomic mass is 32.2. The van der Waals surface area contributed by atoms with Crippen molar-refractivity contribution >= 4 is 23.3 Å². The highest BCUT2D eigenvalue weighted by Gasteiger charge is 1.94. The van der Waals surface area contributed by atoms with Gasteiger partial charge < -0.3 is 0 Å². The molecule has 0 fully saturated rings. The summed E-state index contributed by atoms with van der Waals surface area (Å²) in [5, 5.41) is 7.25. The van der Waals surface area contributed by atoms with Crippen molar-refractivity contribution in [2.75, 3.05) is 5.75 Å². The SMILES string of the molecule is CCCSc1nnns1. The summed E-state index contributed by atoms with van der Waals surface area (Å²) in [7, 11) is 0. The number of hydrogen-bond donors (Lipinski definition) is 0. The molecule has 1 heterocycles. The lowest BCUT2D eigenvalue weighted by Gasteiger charge is -1.86. The van der Waals surface area contributed by atoms with Crippen molar-refractivity contribution in [2.24, 2.45) is 0 Å². The van der Waals surface area contributed by atoms with Crippen LogP contribution in [0.4, 0.5) is 0 Å². The number of thioether (sulfide) groups is 1. The fourth-order valence-corrected chi connectivity index (χ4v) is 1.62. The average molecular weight is 161 g/mol. The first-order valence-corrected chi connectivity index (χ1v) is 4.47. The molecule has 0 amide bonds. The van der Waals surface area contributed by atoms with Gasteiger partial charge in [0.1, 0.15) is 0 Å². The van der Waals surface area contributed by atoms with E-state index in [-0.39, 0.29) is 0 Å². The second-order valence-corrected chi connectivity index (χ2v) is 3.55. The van der Waals surface area contributed by atoms with E-state index >= 15 is 0 Å². The molecule has 0 atom stereocenters. The van der Waals surface area contributed by atoms with E-state index in [4.69, 9.17) is 0 Å². The number of nitrogens with zero attached hydrogens (tertiary/aromatic N) is 3. The van der Waals surface area contributed by atoms with Crippen LogP contribution in [0.3, 0.4) is 0 Å². The Bertz CT molecular complexity index is 151. The van der Waals surface area contributed by atoms with Gasteiger partial charge in [-0.25, -0.2) is 0 Å². The van der Waals surface area contributed by atoms with Crippen molar-refractivity contribution in [3.8, 4) is 0 Å². The summed E-state index contributed by atoms with van der Waals surface area (Å²) >= 11 is 3.06. The second kappa shape index (κ2) is 3.79. The second-order valence-electron chi connectivity index (χ2n) is 1.48. The van der Waals surface area contributed by atoms with Crippen LogP contribution >= 0.6 is 23.3 Å². The van der Waals surface area contributed by atoms with Crippen molar-refractivity contribution in [3.05, 3.63) is 0 Å². The van der Waals surface area contributed by atoms with Crippen LogP contribution in [0.25, 0.3) is 0 Å². The fourth-order valence-electron chi connectivity index (χ4n) is 0.371. The minimum absolute atomic E-state index is 0.969. The van der Waals surface area contributed by atoms with Crippen molar-refractivity contribution in [3.63, 3.8) is 0 Å². The van der Waals surface area contributed by atoms with E-state index in [0.29, 0.717) is 0 Å². The molecule has 0 saturated heterocycles. The van der Waals surface area contributed by atoms with E-state index in [2.05, 4.69) is 21.7 Å². The molecule has 5 heteroatoms. The highest BCUT2D eigenvalue weighted by molar-refractivity contribution is 8.00. The summed E-state index contributed by atoms with van der Waals surface area (Å²) in [6, 6.07) is 0. The lowest BCUT2D eigenvalue weighted by atomic mass is 10.6. The van der Waals surface area contributed by atoms with Gasteiger partial charge in [0.15, 0.2) is 4.34 Å². The van der Waals surface area contributed by atoms with Crippen LogP contribution in [0.15, 0.2) is 4.34 Å². The van der Waals surface area contributed by atoms with E-state index in [1.54, 1.807) is 11.8 Å². The van der Waals surface area contributed by atoms with Crippen LogP contribution in [0.2, 0.25) is 0 Å². The normalized spacial score (nSPS) is 9.89. The zero-order valence-corrected chi connectivity index (χ0v) is 6.71. The summed E-state index contributed by atoms with van der Waals surface area (Å²) < 4.78 is 4.60. The molecule has 50 valence electrons. The molecule has 0 spiro atoms. The minimum Gasteiger partial charge on any atom is -0.110 e. The summed E-state index contributed by atoms with van der Waals surface area (Å²) in [6.45, 7) is 2.14. The van der Waals surface area contributed by atoms with E-state index in [1.807, 2.05) is 0 Å². The minimum atomic E-state index is 0.969. The molecule has 0 radical (unpaired) electrons. The molecular formula is C4H7N3S2. The van der Waals surface area contributed by atoms with Gasteiger partial charge in [0, 0.05) is 17.3 Å². The Morgan fingerprint density at radius 3 is 3.11 bits per heavy atom. The molecule has 0 aromatic carbocycles. The number of rotatable bonds is 3. The Kier molecular flexibility index (Phi) is 2.93. The highest BCUT2D eigenvalue weighted by Crippen LogP contribution is 2.17. The quantitative estimate of drug-likeness (QED) is 0.629. The predicted molar refractivity (Wildman–Crippen MR) is 38.7 cm³/mol. The van der Waals surface area contributed by atoms with Crippen molar-refractivity contribution in [1.29, 1.82) is 0 Å². The number of aromatic nitrogens is 3. The van der Waals surface area contributed by atoms with E-state index < -0.39 is 0 Å². The Balaban J connectivity index is 2.30. The monoisotopic (exact) mass is 161 g/mol. The summed E-state index contributed by atoms with van der Waals surface area (Å²) in [5.41, 5.74) is 0. The van der Waals surface area contributed by atoms with Crippen LogP contribution < -0.4 is 0 Å². The lowest BCUT2D eigenvalue weighted by molar-refractivity contribution is 0.913. The van der Waals surface area contributed by atoms with E-state index in [0.717, 1.165) is 10.1 Å². The molecule has 0 N–H and O–H groups in total. The zero-order chi connectivity index (χ0) is 6.53. The summed E-state index contributed by atoms with van der Waals surface area (Å²) in [4.78, 5) is 0. The van der Waals surface area contributed by atoms with E-state index in [1.165, 1.54) is 18.0 Å². The molecule has 9 heavy (non-hydrogen) atoms. The smallest absolute Gasteiger partial charge is 0.110 e. The number of hydrogen-bond acceptors (Lipinski definition) is 5. The van der Waals surface area contributed by atoms with Gasteiger partial charge in [0.25, 0.3) is 0 Å². The molecule has 1 aromatic rings. The topological polar surface area (TPSA) is 38.7 Å². The van der Waals surface area contributed by atoms with Crippen molar-refractivity contribution in [2.45, 2.75) is 17.7 Å². The van der Waals surface area contributed by atoms with Crippen LogP contribution in [-0.2, 0) is 0 Å². The first-order chi connectivity index (χ1) is 4.43. The van der Waals surface area contributed by atoms with Gasteiger partial charge in [0.05, 0.1) is 0 Å². The van der Waals surface area contributed by atoms with Gasteiger partial charge >= 0.3 is 0 Å². The van der Waals surface area contributed by atoms with E-state index in [9.17, 15) is 0 Å². The molecule has 1 aromatic heterocycles. The van der Waals surface area contributed by atoms with Crippen molar-refractivity contribution < 1.29 is 0 Å². The third kappa shape index (κ3) is 2.28. The van der Waals surface area contributed by atoms with Gasteiger partial charge in [-0.2, -0.15) is 0 Å². The maximum atomic E-state index is 3.77. The van der Waals surface area contributed by atoms with Gasteiger partial charge in [-0.15, -0.1) is 5.10 Å². The Morgan fingerprint density at radius 2 is 2.56 bits per heavy atom. The molecule has 0 aliphatic carbocycles. The van der Waals surface area contributed by atoms with Gasteiger partial charge in [-0.1, -0.05) is 23.2 Å². The Hall–Kier alpha value is -0.160. The van der Waals surface area contributed by atoms with Crippen LogP contribution in [0, 0.1) is 0 Å². The largest absolute Gasteiger partial charge is 0.194 e. The van der Waals surface area contributed by atoms with Crippen LogP contribution in [0.5, 0.6) is 0 Å². The summed E-state index contributed by atoms with van der Waals surface area (Å²) in [5.74, 6) is 1.11.